The second-order valence-electron chi connectivity index (χ2n) is 6.00. The molecule has 1 atom stereocenters. The number of nitrogens with one attached hydrogen (secondary N) is 1. The molecule has 26 heavy (non-hydrogen) atoms. The third-order valence-electron chi connectivity index (χ3n) is 4.48. The van der Waals surface area contributed by atoms with Gasteiger partial charge in [0.05, 0.1) is 39.6 Å². The first-order valence-corrected chi connectivity index (χ1v) is 8.43. The molecule has 0 saturated heterocycles. The second kappa shape index (κ2) is 8.10. The van der Waals surface area contributed by atoms with Crippen molar-refractivity contribution in [2.45, 2.75) is 19.1 Å². The van der Waals surface area contributed by atoms with Gasteiger partial charge >= 0.3 is 0 Å². The van der Waals surface area contributed by atoms with Crippen LogP contribution in [0.3, 0.4) is 0 Å². The SMILES string of the molecule is COc1ccc(C(=O)NCC2Cc3ccccc3CO2)c(OC)c1OC. The minimum Gasteiger partial charge on any atom is -0.493 e. The highest BCUT2D eigenvalue weighted by molar-refractivity contribution is 5.98. The van der Waals surface area contributed by atoms with Crippen molar-refractivity contribution in [2.24, 2.45) is 0 Å². The second-order valence-corrected chi connectivity index (χ2v) is 6.00. The van der Waals surface area contributed by atoms with Crippen LogP contribution < -0.4 is 19.5 Å². The van der Waals surface area contributed by atoms with Gasteiger partial charge in [-0.2, -0.15) is 0 Å². The summed E-state index contributed by atoms with van der Waals surface area (Å²) in [4.78, 5) is 12.6. The molecule has 1 aliphatic heterocycles. The van der Waals surface area contributed by atoms with E-state index in [1.807, 2.05) is 12.1 Å². The fourth-order valence-electron chi connectivity index (χ4n) is 3.12. The van der Waals surface area contributed by atoms with Crippen molar-refractivity contribution in [1.82, 2.24) is 5.32 Å². The highest BCUT2D eigenvalue weighted by Crippen LogP contribution is 2.39. The van der Waals surface area contributed by atoms with Gasteiger partial charge in [-0.25, -0.2) is 0 Å². The van der Waals surface area contributed by atoms with Crippen LogP contribution in [0.4, 0.5) is 0 Å². The van der Waals surface area contributed by atoms with Gasteiger partial charge in [-0.05, 0) is 23.3 Å². The number of rotatable bonds is 6. The summed E-state index contributed by atoms with van der Waals surface area (Å²) in [6, 6.07) is 11.5. The molecule has 138 valence electrons. The Morgan fingerprint density at radius 2 is 1.77 bits per heavy atom. The average molecular weight is 357 g/mol. The first-order valence-electron chi connectivity index (χ1n) is 8.43. The summed E-state index contributed by atoms with van der Waals surface area (Å²) < 4.78 is 21.8. The lowest BCUT2D eigenvalue weighted by Crippen LogP contribution is -2.36. The van der Waals surface area contributed by atoms with Crippen LogP contribution in [0.15, 0.2) is 36.4 Å². The van der Waals surface area contributed by atoms with Crippen molar-refractivity contribution in [3.8, 4) is 17.2 Å². The van der Waals surface area contributed by atoms with Gasteiger partial charge < -0.3 is 24.3 Å². The molecule has 2 aromatic carbocycles. The molecule has 0 spiro atoms. The van der Waals surface area contributed by atoms with Crippen LogP contribution in [0.2, 0.25) is 0 Å². The molecule has 0 aliphatic carbocycles. The third kappa shape index (κ3) is 3.60. The number of methoxy groups -OCH3 is 3. The lowest BCUT2D eigenvalue weighted by atomic mass is 9.99. The molecule has 6 nitrogen and oxygen atoms in total. The predicted molar refractivity (Wildman–Crippen MR) is 97.2 cm³/mol. The van der Waals surface area contributed by atoms with Gasteiger partial charge in [0, 0.05) is 13.0 Å². The maximum absolute atomic E-state index is 12.6. The summed E-state index contributed by atoms with van der Waals surface area (Å²) in [5, 5.41) is 2.92. The van der Waals surface area contributed by atoms with Gasteiger partial charge in [0.1, 0.15) is 0 Å². The summed E-state index contributed by atoms with van der Waals surface area (Å²) in [7, 11) is 4.54. The molecule has 6 heteroatoms. The van der Waals surface area contributed by atoms with Crippen molar-refractivity contribution in [2.75, 3.05) is 27.9 Å². The molecule has 0 aromatic heterocycles. The van der Waals surface area contributed by atoms with E-state index in [0.29, 0.717) is 36.0 Å². The van der Waals surface area contributed by atoms with Gasteiger partial charge in [0.25, 0.3) is 5.91 Å². The molecule has 1 unspecified atom stereocenters. The molecule has 0 saturated carbocycles. The fourth-order valence-corrected chi connectivity index (χ4v) is 3.12. The Hall–Kier alpha value is -2.73. The van der Waals surface area contributed by atoms with Crippen molar-refractivity contribution in [3.05, 3.63) is 53.1 Å². The quantitative estimate of drug-likeness (QED) is 0.861. The fraction of sp³-hybridized carbons (Fsp3) is 0.350. The molecule has 1 N–H and O–H groups in total. The van der Waals surface area contributed by atoms with E-state index in [0.717, 1.165) is 6.42 Å². The Balaban J connectivity index is 1.69. The summed E-state index contributed by atoms with van der Waals surface area (Å²) in [6.07, 6.45) is 0.722. The standard InChI is InChI=1S/C20H23NO5/c1-23-17-9-8-16(18(24-2)19(17)25-3)20(22)21-11-15-10-13-6-4-5-7-14(13)12-26-15/h4-9,15H,10-12H2,1-3H3,(H,21,22). The molecule has 0 radical (unpaired) electrons. The minimum absolute atomic E-state index is 0.0556. The van der Waals surface area contributed by atoms with E-state index in [9.17, 15) is 4.79 Å². The van der Waals surface area contributed by atoms with Crippen LogP contribution in [0.1, 0.15) is 21.5 Å². The lowest BCUT2D eigenvalue weighted by molar-refractivity contribution is 0.0284. The van der Waals surface area contributed by atoms with Crippen LogP contribution in [0.5, 0.6) is 17.2 Å². The van der Waals surface area contributed by atoms with E-state index in [2.05, 4.69) is 17.4 Å². The summed E-state index contributed by atoms with van der Waals surface area (Å²) >= 11 is 0. The Kier molecular flexibility index (Phi) is 5.63. The molecule has 1 aliphatic rings. The Bertz CT molecular complexity index is 790. The molecule has 1 amide bonds. The number of hydrogen-bond donors (Lipinski definition) is 1. The normalized spacial score (nSPS) is 15.7. The van der Waals surface area contributed by atoms with Crippen LogP contribution in [0, 0.1) is 0 Å². The van der Waals surface area contributed by atoms with Gasteiger partial charge in [0.15, 0.2) is 11.5 Å². The van der Waals surface area contributed by atoms with Gasteiger partial charge in [-0.1, -0.05) is 24.3 Å². The van der Waals surface area contributed by atoms with E-state index in [1.54, 1.807) is 12.1 Å². The largest absolute Gasteiger partial charge is 0.493 e. The average Bonchev–Trinajstić information content (AvgIpc) is 2.70. The zero-order valence-corrected chi connectivity index (χ0v) is 15.2. The van der Waals surface area contributed by atoms with Crippen LogP contribution in [-0.2, 0) is 17.8 Å². The predicted octanol–water partition coefficient (Wildman–Crippen LogP) is 2.58. The van der Waals surface area contributed by atoms with Crippen molar-refractivity contribution >= 4 is 5.91 Å². The van der Waals surface area contributed by atoms with Crippen molar-refractivity contribution < 1.29 is 23.7 Å². The van der Waals surface area contributed by atoms with Crippen molar-refractivity contribution in [1.29, 1.82) is 0 Å². The monoisotopic (exact) mass is 357 g/mol. The van der Waals surface area contributed by atoms with Gasteiger partial charge in [-0.15, -0.1) is 0 Å². The molecular weight excluding hydrogens is 334 g/mol. The highest BCUT2D eigenvalue weighted by Gasteiger charge is 2.23. The molecule has 0 fully saturated rings. The Morgan fingerprint density at radius 1 is 1.04 bits per heavy atom. The Morgan fingerprint density at radius 3 is 2.46 bits per heavy atom. The van der Waals surface area contributed by atoms with E-state index in [-0.39, 0.29) is 12.0 Å². The van der Waals surface area contributed by atoms with Gasteiger partial charge in [-0.3, -0.25) is 4.79 Å². The zero-order valence-electron chi connectivity index (χ0n) is 15.2. The molecule has 2 aromatic rings. The number of carbonyl (C=O) groups excluding carboxylic acids is 1. The number of hydrogen-bond acceptors (Lipinski definition) is 5. The maximum Gasteiger partial charge on any atom is 0.255 e. The maximum atomic E-state index is 12.6. The van der Waals surface area contributed by atoms with Crippen LogP contribution in [0.25, 0.3) is 0 Å². The third-order valence-corrected chi connectivity index (χ3v) is 4.48. The van der Waals surface area contributed by atoms with E-state index in [4.69, 9.17) is 18.9 Å². The highest BCUT2D eigenvalue weighted by atomic mass is 16.5. The summed E-state index contributed by atoms with van der Waals surface area (Å²) in [5.41, 5.74) is 2.86. The molecule has 0 bridgehead atoms. The lowest BCUT2D eigenvalue weighted by Gasteiger charge is -2.25. The number of ether oxygens (including phenoxy) is 4. The van der Waals surface area contributed by atoms with E-state index < -0.39 is 0 Å². The molecule has 1 heterocycles. The first-order chi connectivity index (χ1) is 12.7. The van der Waals surface area contributed by atoms with Crippen LogP contribution >= 0.6 is 0 Å². The minimum atomic E-state index is -0.245. The number of fused-ring (bicyclic) bond motifs is 1. The Labute approximate surface area is 153 Å². The molecule has 3 rings (SSSR count). The van der Waals surface area contributed by atoms with Gasteiger partial charge in [0.2, 0.25) is 5.75 Å². The number of benzene rings is 2. The summed E-state index contributed by atoms with van der Waals surface area (Å²) in [6.45, 7) is 0.987. The van der Waals surface area contributed by atoms with E-state index in [1.165, 1.54) is 32.5 Å². The topological polar surface area (TPSA) is 66.0 Å². The number of amides is 1. The first kappa shape index (κ1) is 18.1. The number of carbonyl (C=O) groups is 1. The summed E-state index contributed by atoms with van der Waals surface area (Å²) in [5.74, 6) is 1.00. The zero-order chi connectivity index (χ0) is 18.5. The van der Waals surface area contributed by atoms with Crippen molar-refractivity contribution in [3.63, 3.8) is 0 Å². The molecular formula is C20H23NO5. The van der Waals surface area contributed by atoms with Crippen LogP contribution in [-0.4, -0.2) is 39.9 Å². The smallest absolute Gasteiger partial charge is 0.255 e. The van der Waals surface area contributed by atoms with E-state index >= 15 is 0 Å².